The summed E-state index contributed by atoms with van der Waals surface area (Å²) in [6.45, 7) is 1.99. The first-order valence-electron chi connectivity index (χ1n) is 9.03. The Hall–Kier alpha value is -1.73. The van der Waals surface area contributed by atoms with Gasteiger partial charge in [0, 0.05) is 0 Å². The maximum absolute atomic E-state index is 13.0. The fourth-order valence-corrected chi connectivity index (χ4v) is 2.62. The van der Waals surface area contributed by atoms with Crippen molar-refractivity contribution in [2.24, 2.45) is 0 Å². The molecule has 0 atom stereocenters. The SMILES string of the molecule is CCCCCCCCCCOC(=O)c1cc(C(F)(F)F)ccc1C(F)(F)F. The van der Waals surface area contributed by atoms with Gasteiger partial charge in [0.25, 0.3) is 0 Å². The van der Waals surface area contributed by atoms with Gasteiger partial charge in [0.1, 0.15) is 0 Å². The molecule has 154 valence electrons. The van der Waals surface area contributed by atoms with Crippen LogP contribution in [0.25, 0.3) is 0 Å². The minimum absolute atomic E-state index is 0.124. The van der Waals surface area contributed by atoms with E-state index in [1.54, 1.807) is 0 Å². The van der Waals surface area contributed by atoms with Crippen LogP contribution in [0, 0.1) is 0 Å². The molecule has 1 aromatic carbocycles. The van der Waals surface area contributed by atoms with Crippen molar-refractivity contribution in [3.05, 3.63) is 34.9 Å². The quantitative estimate of drug-likeness (QED) is 0.240. The number of ether oxygens (including phenoxy) is 1. The first-order chi connectivity index (χ1) is 12.6. The van der Waals surface area contributed by atoms with Gasteiger partial charge < -0.3 is 4.74 Å². The number of halogens is 6. The molecule has 0 radical (unpaired) electrons. The van der Waals surface area contributed by atoms with Gasteiger partial charge in [0.15, 0.2) is 0 Å². The van der Waals surface area contributed by atoms with Crippen molar-refractivity contribution in [2.45, 2.75) is 70.6 Å². The lowest BCUT2D eigenvalue weighted by Gasteiger charge is -2.15. The van der Waals surface area contributed by atoms with E-state index in [0.717, 1.165) is 38.5 Å². The molecule has 0 spiro atoms. The Bertz CT molecular complexity index is 593. The van der Waals surface area contributed by atoms with Crippen LogP contribution in [0.4, 0.5) is 26.3 Å². The number of carbonyl (C=O) groups is 1. The summed E-state index contributed by atoms with van der Waals surface area (Å²) in [6.07, 6.45) is -2.07. The third-order valence-electron chi connectivity index (χ3n) is 4.10. The highest BCUT2D eigenvalue weighted by molar-refractivity contribution is 5.91. The van der Waals surface area contributed by atoms with E-state index in [9.17, 15) is 31.1 Å². The number of rotatable bonds is 10. The summed E-state index contributed by atoms with van der Waals surface area (Å²) in [5.74, 6) is -1.39. The fourth-order valence-electron chi connectivity index (χ4n) is 2.62. The number of benzene rings is 1. The zero-order chi connectivity index (χ0) is 20.5. The number of hydrogen-bond donors (Lipinski definition) is 0. The lowest BCUT2D eigenvalue weighted by Crippen LogP contribution is -2.17. The van der Waals surface area contributed by atoms with E-state index in [1.807, 2.05) is 0 Å². The molecule has 1 rings (SSSR count). The molecular weight excluding hydrogens is 374 g/mol. The smallest absolute Gasteiger partial charge is 0.417 e. The van der Waals surface area contributed by atoms with Crippen LogP contribution in [0.15, 0.2) is 18.2 Å². The van der Waals surface area contributed by atoms with E-state index >= 15 is 0 Å². The number of alkyl halides is 6. The second-order valence-corrected chi connectivity index (χ2v) is 6.37. The molecule has 0 heterocycles. The summed E-state index contributed by atoms with van der Waals surface area (Å²) in [5.41, 5.74) is -3.87. The van der Waals surface area contributed by atoms with E-state index in [-0.39, 0.29) is 18.7 Å². The monoisotopic (exact) mass is 398 g/mol. The number of unbranched alkanes of at least 4 members (excludes halogenated alkanes) is 7. The first kappa shape index (κ1) is 23.3. The van der Waals surface area contributed by atoms with Gasteiger partial charge in [0.05, 0.1) is 23.3 Å². The summed E-state index contributed by atoms with van der Waals surface area (Å²) in [4.78, 5) is 11.9. The maximum atomic E-state index is 13.0. The molecule has 8 heteroatoms. The van der Waals surface area contributed by atoms with Gasteiger partial charge in [-0.3, -0.25) is 0 Å². The lowest BCUT2D eigenvalue weighted by molar-refractivity contribution is -0.141. The molecule has 0 aliphatic heterocycles. The van der Waals surface area contributed by atoms with Crippen molar-refractivity contribution in [1.29, 1.82) is 0 Å². The normalized spacial score (nSPS) is 12.3. The van der Waals surface area contributed by atoms with Gasteiger partial charge in [-0.2, -0.15) is 26.3 Å². The summed E-state index contributed by atoms with van der Waals surface area (Å²) in [6, 6.07) is 0.757. The van der Waals surface area contributed by atoms with Gasteiger partial charge in [-0.15, -0.1) is 0 Å². The Morgan fingerprint density at radius 1 is 0.852 bits per heavy atom. The molecule has 0 saturated heterocycles. The van der Waals surface area contributed by atoms with Crippen LogP contribution >= 0.6 is 0 Å². The Balaban J connectivity index is 2.60. The average molecular weight is 398 g/mol. The van der Waals surface area contributed by atoms with Crippen molar-refractivity contribution >= 4 is 5.97 Å². The van der Waals surface area contributed by atoms with Gasteiger partial charge in [0.2, 0.25) is 0 Å². The van der Waals surface area contributed by atoms with Crippen LogP contribution < -0.4 is 0 Å². The first-order valence-corrected chi connectivity index (χ1v) is 9.03. The predicted molar refractivity (Wildman–Crippen MR) is 89.3 cm³/mol. The zero-order valence-corrected chi connectivity index (χ0v) is 15.2. The zero-order valence-electron chi connectivity index (χ0n) is 15.2. The van der Waals surface area contributed by atoms with Gasteiger partial charge in [-0.1, -0.05) is 51.9 Å². The molecule has 0 amide bonds. The highest BCUT2D eigenvalue weighted by atomic mass is 19.4. The van der Waals surface area contributed by atoms with Crippen LogP contribution in [0.5, 0.6) is 0 Å². The van der Waals surface area contributed by atoms with Crippen LogP contribution in [-0.4, -0.2) is 12.6 Å². The van der Waals surface area contributed by atoms with E-state index in [4.69, 9.17) is 4.74 Å². The van der Waals surface area contributed by atoms with E-state index < -0.39 is 35.0 Å². The largest absolute Gasteiger partial charge is 0.462 e. The second kappa shape index (κ2) is 10.6. The topological polar surface area (TPSA) is 26.3 Å². The Morgan fingerprint density at radius 2 is 1.41 bits per heavy atom. The highest BCUT2D eigenvalue weighted by Gasteiger charge is 2.39. The summed E-state index contributed by atoms with van der Waals surface area (Å²) in [7, 11) is 0. The third kappa shape index (κ3) is 8.22. The van der Waals surface area contributed by atoms with Crippen LogP contribution in [0.2, 0.25) is 0 Å². The van der Waals surface area contributed by atoms with E-state index in [2.05, 4.69) is 6.92 Å². The Labute approximate surface area is 154 Å². The standard InChI is InChI=1S/C19H24F6O2/c1-2-3-4-5-6-7-8-9-12-27-17(26)15-13-14(18(20,21)22)10-11-16(15)19(23,24)25/h10-11,13H,2-9,12H2,1H3. The summed E-state index contributed by atoms with van der Waals surface area (Å²) >= 11 is 0. The van der Waals surface area contributed by atoms with Crippen molar-refractivity contribution in [1.82, 2.24) is 0 Å². The number of hydrogen-bond acceptors (Lipinski definition) is 2. The molecule has 1 aromatic rings. The molecule has 0 unspecified atom stereocenters. The average Bonchev–Trinajstić information content (AvgIpc) is 2.58. The summed E-state index contributed by atoms with van der Waals surface area (Å²) in [5, 5.41) is 0. The molecule has 0 aromatic heterocycles. The number of carbonyl (C=O) groups excluding carboxylic acids is 1. The predicted octanol–water partition coefficient (Wildman–Crippen LogP) is 7.02. The minimum Gasteiger partial charge on any atom is -0.462 e. The minimum atomic E-state index is -4.95. The third-order valence-corrected chi connectivity index (χ3v) is 4.10. The summed E-state index contributed by atoms with van der Waals surface area (Å²) < 4.78 is 81.8. The molecule has 2 nitrogen and oxygen atoms in total. The van der Waals surface area contributed by atoms with Crippen LogP contribution in [0.3, 0.4) is 0 Å². The maximum Gasteiger partial charge on any atom is 0.417 e. The van der Waals surface area contributed by atoms with Crippen LogP contribution in [0.1, 0.15) is 79.8 Å². The fraction of sp³-hybridized carbons (Fsp3) is 0.632. The molecule has 0 saturated carbocycles. The molecule has 0 aliphatic rings. The van der Waals surface area contributed by atoms with E-state index in [1.165, 1.54) is 6.42 Å². The van der Waals surface area contributed by atoms with Crippen molar-refractivity contribution in [2.75, 3.05) is 6.61 Å². The van der Waals surface area contributed by atoms with Crippen molar-refractivity contribution in [3.63, 3.8) is 0 Å². The molecule has 0 fully saturated rings. The molecule has 27 heavy (non-hydrogen) atoms. The Morgan fingerprint density at radius 3 is 1.93 bits per heavy atom. The molecule has 0 N–H and O–H groups in total. The van der Waals surface area contributed by atoms with Crippen molar-refractivity contribution in [3.8, 4) is 0 Å². The highest BCUT2D eigenvalue weighted by Crippen LogP contribution is 2.36. The van der Waals surface area contributed by atoms with Gasteiger partial charge >= 0.3 is 18.3 Å². The molecule has 0 aliphatic carbocycles. The number of esters is 1. The van der Waals surface area contributed by atoms with Crippen molar-refractivity contribution < 1.29 is 35.9 Å². The Kier molecular flexibility index (Phi) is 9.12. The second-order valence-electron chi connectivity index (χ2n) is 6.37. The molecule has 0 bridgehead atoms. The van der Waals surface area contributed by atoms with Gasteiger partial charge in [-0.05, 0) is 24.6 Å². The lowest BCUT2D eigenvalue weighted by atomic mass is 10.0. The van der Waals surface area contributed by atoms with Crippen LogP contribution in [-0.2, 0) is 17.1 Å². The van der Waals surface area contributed by atoms with Gasteiger partial charge in [-0.25, -0.2) is 4.79 Å². The van der Waals surface area contributed by atoms with E-state index in [0.29, 0.717) is 12.5 Å². The molecular formula is C19H24F6O2.